The minimum Gasteiger partial charge on any atom is -0.481 e. The monoisotopic (exact) mass is 1560 g/mol. The molecular weight excluding hydrogens is 1400 g/mol. The highest BCUT2D eigenvalue weighted by Crippen LogP contribution is 2.20. The van der Waals surface area contributed by atoms with Crippen molar-refractivity contribution in [3.63, 3.8) is 0 Å². The van der Waals surface area contributed by atoms with Crippen molar-refractivity contribution < 1.29 is 88.2 Å². The first-order valence-electron chi connectivity index (χ1n) is 44.1. The van der Waals surface area contributed by atoms with E-state index < -0.39 is 35.8 Å². The number of amides is 6. The lowest BCUT2D eigenvalue weighted by Crippen LogP contribution is -2.48. The Bertz CT molecular complexity index is 2270. The van der Waals surface area contributed by atoms with Crippen LogP contribution >= 0.6 is 0 Å². The van der Waals surface area contributed by atoms with Gasteiger partial charge in [0.05, 0.1) is 0 Å². The standard InChI is InChI=1S/C86H156N6O18/c1-3-87(75(93)53-41-29-17-5-11-23-35-47-59-81(99)100)65-67-89(77(95)55-43-31-19-7-13-25-37-49-61-83(103)104)69-71-91(79(97)57-45-33-21-9-15-27-39-51-63-85(107)108)73-74-92(80(98)58-46-34-22-10-16-28-40-52-64-86(109)110)72-70-90(78(96)56-44-32-20-8-14-26-38-50-62-84(105)106)68-66-88(4-2)76(94)54-42-30-18-6-12-24-36-48-60-82(101)102/h3-74H2,1-2H3,(H,99,100)(H,101,102)(H,103,104)(H,105,106)(H,107,108)(H,109,110). The van der Waals surface area contributed by atoms with E-state index in [1.807, 2.05) is 13.8 Å². The van der Waals surface area contributed by atoms with Gasteiger partial charge in [0.15, 0.2) is 0 Å². The molecule has 0 aliphatic rings. The summed E-state index contributed by atoms with van der Waals surface area (Å²) in [5.41, 5.74) is 0. The van der Waals surface area contributed by atoms with E-state index in [1.165, 1.54) is 0 Å². The molecule has 0 saturated carbocycles. The third kappa shape index (κ3) is 66.3. The molecule has 638 valence electrons. The minimum absolute atomic E-state index is 0.0190. The molecule has 0 saturated heterocycles. The second kappa shape index (κ2) is 74.1. The number of carboxylic acid groups (broad SMARTS) is 6. The Morgan fingerprint density at radius 3 is 0.345 bits per heavy atom. The maximum absolute atomic E-state index is 14.8. The van der Waals surface area contributed by atoms with Gasteiger partial charge in [0.1, 0.15) is 0 Å². The third-order valence-corrected chi connectivity index (χ3v) is 21.3. The molecule has 6 N–H and O–H groups in total. The van der Waals surface area contributed by atoms with Gasteiger partial charge < -0.3 is 60.0 Å². The molecule has 0 bridgehead atoms. The van der Waals surface area contributed by atoms with Crippen molar-refractivity contribution in [2.45, 2.75) is 399 Å². The van der Waals surface area contributed by atoms with Crippen LogP contribution in [0, 0.1) is 0 Å². The molecule has 0 fully saturated rings. The Balaban J connectivity index is 7.12. The van der Waals surface area contributed by atoms with Gasteiger partial charge in [-0.2, -0.15) is 0 Å². The predicted octanol–water partition coefficient (Wildman–Crippen LogP) is 17.9. The molecule has 0 aromatic carbocycles. The van der Waals surface area contributed by atoms with E-state index in [0.717, 1.165) is 244 Å². The number of rotatable bonds is 83. The summed E-state index contributed by atoms with van der Waals surface area (Å²) in [6.07, 6.45) is 44.6. The highest BCUT2D eigenvalue weighted by Gasteiger charge is 2.25. The fourth-order valence-electron chi connectivity index (χ4n) is 14.2. The van der Waals surface area contributed by atoms with Gasteiger partial charge in [-0.3, -0.25) is 57.5 Å². The SMILES string of the molecule is CCN(CCN(CCN(CCN(CCN(CCN(CC)C(=O)CCCCCCCCCCC(=O)O)C(=O)CCCCCCCCCCC(=O)O)C(=O)CCCCCCCCCCC(=O)O)C(=O)CCCCCCCCCCC(=O)O)C(=O)CCCCCCCCCCC(=O)O)C(=O)CCCCCCCCCCC(=O)O. The maximum Gasteiger partial charge on any atom is 0.303 e. The van der Waals surface area contributed by atoms with Crippen molar-refractivity contribution >= 4 is 71.3 Å². The lowest BCUT2D eigenvalue weighted by atomic mass is 10.1. The van der Waals surface area contributed by atoms with Crippen molar-refractivity contribution in [2.75, 3.05) is 78.5 Å². The first-order chi connectivity index (χ1) is 53.1. The highest BCUT2D eigenvalue weighted by molar-refractivity contribution is 5.80. The summed E-state index contributed by atoms with van der Waals surface area (Å²) in [5.74, 6) is -4.99. The van der Waals surface area contributed by atoms with Gasteiger partial charge in [-0.25, -0.2) is 0 Å². The Labute approximate surface area is 663 Å². The summed E-state index contributed by atoms with van der Waals surface area (Å²) >= 11 is 0. The van der Waals surface area contributed by atoms with Gasteiger partial charge in [0.25, 0.3) is 0 Å². The fraction of sp³-hybridized carbons (Fsp3) is 0.860. The van der Waals surface area contributed by atoms with Gasteiger partial charge in [-0.15, -0.1) is 0 Å². The zero-order valence-electron chi connectivity index (χ0n) is 69.2. The molecule has 0 aliphatic heterocycles. The maximum atomic E-state index is 14.8. The number of carbonyl (C=O) groups excluding carboxylic acids is 6. The minimum atomic E-state index is -0.792. The van der Waals surface area contributed by atoms with Crippen molar-refractivity contribution in [2.24, 2.45) is 0 Å². The summed E-state index contributed by atoms with van der Waals surface area (Å²) in [6, 6.07) is 0. The largest absolute Gasteiger partial charge is 0.481 e. The molecule has 0 rings (SSSR count). The molecule has 0 atom stereocenters. The summed E-state index contributed by atoms with van der Waals surface area (Å²) in [6.45, 7) is 7.11. The summed E-state index contributed by atoms with van der Waals surface area (Å²) in [5, 5.41) is 54.2. The van der Waals surface area contributed by atoms with Crippen LogP contribution in [0.4, 0.5) is 0 Å². The molecule has 0 aromatic rings. The number of likely N-dealkylation sites (N-methyl/N-ethyl adjacent to an activating group) is 2. The average Bonchev–Trinajstić information content (AvgIpc) is 0.889. The molecule has 0 unspecified atom stereocenters. The quantitative estimate of drug-likeness (QED) is 0.0308. The Kier molecular flexibility index (Phi) is 69.8. The number of hydrogen-bond acceptors (Lipinski definition) is 12. The van der Waals surface area contributed by atoms with E-state index >= 15 is 0 Å². The first-order valence-corrected chi connectivity index (χ1v) is 44.1. The molecule has 0 radical (unpaired) electrons. The molecule has 0 aromatic heterocycles. The van der Waals surface area contributed by atoms with Crippen LogP contribution in [0.3, 0.4) is 0 Å². The fourth-order valence-corrected chi connectivity index (χ4v) is 14.2. The van der Waals surface area contributed by atoms with Gasteiger partial charge in [0.2, 0.25) is 35.4 Å². The van der Waals surface area contributed by atoms with E-state index in [0.29, 0.717) is 116 Å². The summed E-state index contributed by atoms with van der Waals surface area (Å²) in [4.78, 5) is 163. The zero-order chi connectivity index (χ0) is 81.3. The van der Waals surface area contributed by atoms with Gasteiger partial charge >= 0.3 is 35.8 Å². The van der Waals surface area contributed by atoms with Crippen LogP contribution in [0.2, 0.25) is 0 Å². The second-order valence-corrected chi connectivity index (χ2v) is 30.8. The lowest BCUT2D eigenvalue weighted by Gasteiger charge is -2.33. The van der Waals surface area contributed by atoms with Gasteiger partial charge in [0, 0.05) is 156 Å². The molecule has 6 amide bonds. The lowest BCUT2D eigenvalue weighted by molar-refractivity contribution is -0.138. The van der Waals surface area contributed by atoms with E-state index in [1.54, 1.807) is 29.4 Å². The van der Waals surface area contributed by atoms with Crippen LogP contribution in [-0.4, -0.2) is 210 Å². The second-order valence-electron chi connectivity index (χ2n) is 30.8. The average molecular weight is 1560 g/mol. The topological polar surface area (TPSA) is 346 Å². The van der Waals surface area contributed by atoms with Crippen LogP contribution in [-0.2, 0) is 57.5 Å². The molecule has 0 spiro atoms. The number of hydrogen-bond donors (Lipinski definition) is 6. The first kappa shape index (κ1) is 104. The van der Waals surface area contributed by atoms with E-state index in [9.17, 15) is 57.5 Å². The number of unbranched alkanes of at least 4 members (excludes halogenated alkanes) is 42. The van der Waals surface area contributed by atoms with E-state index in [-0.39, 0.29) is 139 Å². The normalized spacial score (nSPS) is 11.2. The summed E-state index contributed by atoms with van der Waals surface area (Å²) < 4.78 is 0. The molecule has 110 heavy (non-hydrogen) atoms. The zero-order valence-corrected chi connectivity index (χ0v) is 69.2. The van der Waals surface area contributed by atoms with Crippen LogP contribution < -0.4 is 0 Å². The number of carboxylic acids is 6. The van der Waals surface area contributed by atoms with Crippen LogP contribution in [0.5, 0.6) is 0 Å². The Morgan fingerprint density at radius 1 is 0.145 bits per heavy atom. The smallest absolute Gasteiger partial charge is 0.303 e. The number of aliphatic carboxylic acids is 6. The van der Waals surface area contributed by atoms with Crippen LogP contribution in [0.1, 0.15) is 399 Å². The van der Waals surface area contributed by atoms with E-state index in [4.69, 9.17) is 30.6 Å². The van der Waals surface area contributed by atoms with Crippen molar-refractivity contribution in [3.8, 4) is 0 Å². The molecule has 24 heteroatoms. The Morgan fingerprint density at radius 2 is 0.236 bits per heavy atom. The molecule has 0 aliphatic carbocycles. The molecule has 24 nitrogen and oxygen atoms in total. The molecular formula is C86H156N6O18. The highest BCUT2D eigenvalue weighted by atomic mass is 16.4. The van der Waals surface area contributed by atoms with Crippen LogP contribution in [0.15, 0.2) is 0 Å². The summed E-state index contributed by atoms with van der Waals surface area (Å²) in [7, 11) is 0. The number of carbonyl (C=O) groups is 12. The third-order valence-electron chi connectivity index (χ3n) is 21.3. The van der Waals surface area contributed by atoms with Crippen molar-refractivity contribution in [1.29, 1.82) is 0 Å². The van der Waals surface area contributed by atoms with Crippen molar-refractivity contribution in [1.82, 2.24) is 29.4 Å². The molecule has 0 heterocycles. The van der Waals surface area contributed by atoms with Gasteiger partial charge in [-0.05, 0) is 90.9 Å². The van der Waals surface area contributed by atoms with E-state index in [2.05, 4.69) is 0 Å². The number of nitrogens with zero attached hydrogens (tertiary/aromatic N) is 6. The Hall–Kier alpha value is -6.36. The van der Waals surface area contributed by atoms with Crippen LogP contribution in [0.25, 0.3) is 0 Å². The van der Waals surface area contributed by atoms with Gasteiger partial charge in [-0.1, -0.05) is 231 Å². The predicted molar refractivity (Wildman–Crippen MR) is 434 cm³/mol. The van der Waals surface area contributed by atoms with Crippen molar-refractivity contribution in [3.05, 3.63) is 0 Å².